The molecule has 0 fully saturated rings. The summed E-state index contributed by atoms with van der Waals surface area (Å²) in [7, 11) is 0. The lowest BCUT2D eigenvalue weighted by molar-refractivity contribution is 0.333. The van der Waals surface area contributed by atoms with E-state index in [1.165, 1.54) is 0 Å². The average Bonchev–Trinajstić information content (AvgIpc) is 2.78. The molecule has 1 heterocycles. The lowest BCUT2D eigenvalue weighted by Gasteiger charge is -2.09. The summed E-state index contributed by atoms with van der Waals surface area (Å²) in [6, 6.07) is 7.97. The topological polar surface area (TPSA) is 60.2 Å². The fraction of sp³-hybridized carbons (Fsp3) is 0.385. The summed E-state index contributed by atoms with van der Waals surface area (Å²) in [5.74, 6) is 2.16. The van der Waals surface area contributed by atoms with Crippen molar-refractivity contribution in [2.45, 2.75) is 26.9 Å². The van der Waals surface area contributed by atoms with Gasteiger partial charge < -0.3 is 14.6 Å². The summed E-state index contributed by atoms with van der Waals surface area (Å²) < 4.78 is 10.6. The smallest absolute Gasteiger partial charge is 0.240 e. The molecular weight excluding hydrogens is 230 g/mol. The van der Waals surface area contributed by atoms with Crippen molar-refractivity contribution in [2.75, 3.05) is 6.61 Å². The Balaban J connectivity index is 1.89. The molecule has 0 radical (unpaired) electrons. The van der Waals surface area contributed by atoms with Gasteiger partial charge in [-0.2, -0.15) is 4.98 Å². The van der Waals surface area contributed by atoms with Gasteiger partial charge in [0, 0.05) is 12.1 Å². The van der Waals surface area contributed by atoms with E-state index in [1.807, 2.05) is 31.2 Å². The largest absolute Gasteiger partial charge is 0.494 e. The van der Waals surface area contributed by atoms with Gasteiger partial charge in [-0.3, -0.25) is 0 Å². The first-order valence-electron chi connectivity index (χ1n) is 6.00. The first-order valence-corrected chi connectivity index (χ1v) is 6.00. The predicted octanol–water partition coefficient (Wildman–Crippen LogP) is 2.07. The van der Waals surface area contributed by atoms with Crippen LogP contribution in [0.3, 0.4) is 0 Å². The van der Waals surface area contributed by atoms with Crippen LogP contribution in [0.1, 0.15) is 24.2 Å². The van der Waals surface area contributed by atoms with E-state index in [2.05, 4.69) is 15.5 Å². The van der Waals surface area contributed by atoms with Crippen LogP contribution in [0.2, 0.25) is 0 Å². The number of ether oxygens (including phenoxy) is 1. The average molecular weight is 247 g/mol. The number of rotatable bonds is 6. The van der Waals surface area contributed by atoms with Crippen LogP contribution < -0.4 is 10.1 Å². The Labute approximate surface area is 106 Å². The van der Waals surface area contributed by atoms with Crippen molar-refractivity contribution in [1.82, 2.24) is 15.5 Å². The number of hydrogen-bond donors (Lipinski definition) is 1. The zero-order chi connectivity index (χ0) is 12.8. The van der Waals surface area contributed by atoms with Crippen molar-refractivity contribution >= 4 is 0 Å². The van der Waals surface area contributed by atoms with Gasteiger partial charge in [0.15, 0.2) is 5.82 Å². The van der Waals surface area contributed by atoms with Crippen molar-refractivity contribution in [3.05, 3.63) is 41.5 Å². The van der Waals surface area contributed by atoms with Gasteiger partial charge in [0.2, 0.25) is 5.89 Å². The summed E-state index contributed by atoms with van der Waals surface area (Å²) in [5, 5.41) is 6.99. The molecule has 0 bridgehead atoms. The highest BCUT2D eigenvalue weighted by atomic mass is 16.5. The third kappa shape index (κ3) is 3.30. The zero-order valence-corrected chi connectivity index (χ0v) is 10.6. The second kappa shape index (κ2) is 6.16. The van der Waals surface area contributed by atoms with Gasteiger partial charge in [0.1, 0.15) is 5.75 Å². The van der Waals surface area contributed by atoms with Gasteiger partial charge in [-0.1, -0.05) is 23.4 Å². The van der Waals surface area contributed by atoms with Crippen LogP contribution >= 0.6 is 0 Å². The molecule has 2 aromatic rings. The van der Waals surface area contributed by atoms with Crippen molar-refractivity contribution in [1.29, 1.82) is 0 Å². The number of nitrogens with zero attached hydrogens (tertiary/aromatic N) is 2. The zero-order valence-electron chi connectivity index (χ0n) is 10.6. The maximum atomic E-state index is 5.55. The van der Waals surface area contributed by atoms with Gasteiger partial charge in [-0.15, -0.1) is 0 Å². The van der Waals surface area contributed by atoms with Gasteiger partial charge >= 0.3 is 0 Å². The Morgan fingerprint density at radius 3 is 2.83 bits per heavy atom. The molecule has 2 rings (SSSR count). The third-order valence-electron chi connectivity index (χ3n) is 2.43. The van der Waals surface area contributed by atoms with Crippen molar-refractivity contribution in [2.24, 2.45) is 0 Å². The normalized spacial score (nSPS) is 10.6. The molecule has 5 nitrogen and oxygen atoms in total. The highest BCUT2D eigenvalue weighted by Crippen LogP contribution is 2.17. The summed E-state index contributed by atoms with van der Waals surface area (Å²) in [6.07, 6.45) is 0. The molecule has 96 valence electrons. The standard InChI is InChI=1S/C13H17N3O2/c1-3-17-12-7-5-4-6-11(12)8-14-9-13-15-10(2)16-18-13/h4-7,14H,3,8-9H2,1-2H3. The van der Waals surface area contributed by atoms with E-state index < -0.39 is 0 Å². The van der Waals surface area contributed by atoms with Gasteiger partial charge in [-0.05, 0) is 19.9 Å². The van der Waals surface area contributed by atoms with Crippen molar-refractivity contribution in [3.8, 4) is 5.75 Å². The summed E-state index contributed by atoms with van der Waals surface area (Å²) in [5.41, 5.74) is 1.12. The lowest BCUT2D eigenvalue weighted by atomic mass is 10.2. The Morgan fingerprint density at radius 2 is 2.11 bits per heavy atom. The molecule has 5 heteroatoms. The number of aryl methyl sites for hydroxylation is 1. The number of para-hydroxylation sites is 1. The van der Waals surface area contributed by atoms with Crippen LogP contribution in [0.4, 0.5) is 0 Å². The summed E-state index contributed by atoms with van der Waals surface area (Å²) >= 11 is 0. The van der Waals surface area contributed by atoms with E-state index in [1.54, 1.807) is 6.92 Å². The highest BCUT2D eigenvalue weighted by Gasteiger charge is 2.04. The summed E-state index contributed by atoms with van der Waals surface area (Å²) in [6.45, 7) is 5.71. The SMILES string of the molecule is CCOc1ccccc1CNCc1nc(C)no1. The van der Waals surface area contributed by atoms with Gasteiger partial charge in [-0.25, -0.2) is 0 Å². The molecule has 1 N–H and O–H groups in total. The van der Waals surface area contributed by atoms with Gasteiger partial charge in [0.05, 0.1) is 13.2 Å². The highest BCUT2D eigenvalue weighted by molar-refractivity contribution is 5.33. The maximum Gasteiger partial charge on any atom is 0.240 e. The summed E-state index contributed by atoms with van der Waals surface area (Å²) in [4.78, 5) is 4.13. The molecule has 0 saturated carbocycles. The minimum Gasteiger partial charge on any atom is -0.494 e. The number of hydrogen-bond acceptors (Lipinski definition) is 5. The Bertz CT molecular complexity index is 496. The van der Waals surface area contributed by atoms with Crippen LogP contribution in [0.5, 0.6) is 5.75 Å². The van der Waals surface area contributed by atoms with Crippen molar-refractivity contribution in [3.63, 3.8) is 0 Å². The maximum absolute atomic E-state index is 5.55. The molecule has 1 aromatic carbocycles. The molecule has 0 spiro atoms. The Morgan fingerprint density at radius 1 is 1.28 bits per heavy atom. The monoisotopic (exact) mass is 247 g/mol. The molecule has 0 aliphatic carbocycles. The van der Waals surface area contributed by atoms with E-state index in [4.69, 9.17) is 9.26 Å². The van der Waals surface area contributed by atoms with Crippen LogP contribution in [0.25, 0.3) is 0 Å². The number of aromatic nitrogens is 2. The Hall–Kier alpha value is -1.88. The minimum atomic E-state index is 0.557. The van der Waals surface area contributed by atoms with E-state index in [9.17, 15) is 0 Å². The molecule has 0 atom stereocenters. The van der Waals surface area contributed by atoms with Crippen LogP contribution in [0, 0.1) is 6.92 Å². The molecule has 0 unspecified atom stereocenters. The first-order chi connectivity index (χ1) is 8.79. The van der Waals surface area contributed by atoms with E-state index in [-0.39, 0.29) is 0 Å². The minimum absolute atomic E-state index is 0.557. The number of benzene rings is 1. The molecular formula is C13H17N3O2. The molecule has 0 aliphatic heterocycles. The lowest BCUT2D eigenvalue weighted by Crippen LogP contribution is -2.13. The van der Waals surface area contributed by atoms with Crippen molar-refractivity contribution < 1.29 is 9.26 Å². The quantitative estimate of drug-likeness (QED) is 0.846. The molecule has 18 heavy (non-hydrogen) atoms. The second-order valence-electron chi connectivity index (χ2n) is 3.88. The molecule has 1 aromatic heterocycles. The molecule has 0 amide bonds. The fourth-order valence-electron chi connectivity index (χ4n) is 1.66. The number of nitrogens with one attached hydrogen (secondary N) is 1. The molecule has 0 aliphatic rings. The van der Waals surface area contributed by atoms with E-state index in [0.717, 1.165) is 11.3 Å². The molecule has 0 saturated heterocycles. The van der Waals surface area contributed by atoms with Gasteiger partial charge in [0.25, 0.3) is 0 Å². The second-order valence-corrected chi connectivity index (χ2v) is 3.88. The van der Waals surface area contributed by atoms with E-state index >= 15 is 0 Å². The third-order valence-corrected chi connectivity index (χ3v) is 2.43. The fourth-order valence-corrected chi connectivity index (χ4v) is 1.66. The predicted molar refractivity (Wildman–Crippen MR) is 67.2 cm³/mol. The van der Waals surface area contributed by atoms with Crippen LogP contribution in [-0.4, -0.2) is 16.7 Å². The first kappa shape index (κ1) is 12.6. The van der Waals surface area contributed by atoms with Crippen LogP contribution in [-0.2, 0) is 13.1 Å². The van der Waals surface area contributed by atoms with E-state index in [0.29, 0.717) is 31.4 Å². The van der Waals surface area contributed by atoms with Crippen LogP contribution in [0.15, 0.2) is 28.8 Å². The Kier molecular flexibility index (Phi) is 4.30.